The first-order chi connectivity index (χ1) is 7.20. The molecule has 0 aliphatic carbocycles. The maximum absolute atomic E-state index is 10.5. The highest BCUT2D eigenvalue weighted by Gasteiger charge is 2.07. The Balaban J connectivity index is 2.52. The Kier molecular flexibility index (Phi) is 2.17. The molecular weight excluding hydrogens is 192 g/mol. The van der Waals surface area contributed by atoms with E-state index in [2.05, 4.69) is 0 Å². The predicted octanol–water partition coefficient (Wildman–Crippen LogP) is 1.92. The summed E-state index contributed by atoms with van der Waals surface area (Å²) in [5.41, 5.74) is 14.2. The fraction of sp³-hybridized carbons (Fsp3) is 0. The summed E-state index contributed by atoms with van der Waals surface area (Å²) in [6.07, 6.45) is 2.13. The van der Waals surface area contributed by atoms with Gasteiger partial charge in [-0.3, -0.25) is 4.79 Å². The van der Waals surface area contributed by atoms with Crippen LogP contribution in [0.25, 0.3) is 11.1 Å². The van der Waals surface area contributed by atoms with Crippen LogP contribution in [0.3, 0.4) is 0 Å². The molecule has 0 spiro atoms. The summed E-state index contributed by atoms with van der Waals surface area (Å²) in [4.78, 5) is 10.5. The second-order valence-electron chi connectivity index (χ2n) is 3.20. The summed E-state index contributed by atoms with van der Waals surface area (Å²) < 4.78 is 5.00. The van der Waals surface area contributed by atoms with Crippen LogP contribution in [0.1, 0.15) is 10.6 Å². The number of furan rings is 1. The van der Waals surface area contributed by atoms with Crippen molar-refractivity contribution in [2.45, 2.75) is 0 Å². The molecule has 4 N–H and O–H groups in total. The van der Waals surface area contributed by atoms with Gasteiger partial charge in [0.2, 0.25) is 0 Å². The van der Waals surface area contributed by atoms with Gasteiger partial charge < -0.3 is 15.9 Å². The van der Waals surface area contributed by atoms with E-state index < -0.39 is 0 Å². The molecule has 0 fully saturated rings. The van der Waals surface area contributed by atoms with Crippen molar-refractivity contribution in [2.24, 2.45) is 0 Å². The van der Waals surface area contributed by atoms with E-state index in [0.29, 0.717) is 17.7 Å². The third kappa shape index (κ3) is 1.69. The van der Waals surface area contributed by atoms with Crippen molar-refractivity contribution in [1.82, 2.24) is 0 Å². The molecule has 0 bridgehead atoms. The number of hydrogen-bond donors (Lipinski definition) is 2. The zero-order chi connectivity index (χ0) is 10.8. The molecule has 0 aliphatic rings. The van der Waals surface area contributed by atoms with Gasteiger partial charge in [0, 0.05) is 22.5 Å². The highest BCUT2D eigenvalue weighted by molar-refractivity contribution is 5.82. The molecule has 0 saturated heterocycles. The van der Waals surface area contributed by atoms with E-state index in [1.807, 2.05) is 0 Å². The molecule has 15 heavy (non-hydrogen) atoms. The molecule has 0 unspecified atom stereocenters. The Hall–Kier alpha value is -2.23. The second-order valence-corrected chi connectivity index (χ2v) is 3.20. The summed E-state index contributed by atoms with van der Waals surface area (Å²) in [6.45, 7) is 0. The van der Waals surface area contributed by atoms with Crippen LogP contribution in [0.4, 0.5) is 11.4 Å². The lowest BCUT2D eigenvalue weighted by atomic mass is 10.1. The maximum atomic E-state index is 10.5. The van der Waals surface area contributed by atoms with Gasteiger partial charge in [0.15, 0.2) is 12.0 Å². The lowest BCUT2D eigenvalue weighted by Gasteiger charge is -2.03. The van der Waals surface area contributed by atoms with Crippen LogP contribution >= 0.6 is 0 Å². The Morgan fingerprint density at radius 3 is 2.67 bits per heavy atom. The van der Waals surface area contributed by atoms with Gasteiger partial charge in [0.1, 0.15) is 0 Å². The topological polar surface area (TPSA) is 82.2 Å². The summed E-state index contributed by atoms with van der Waals surface area (Å²) in [7, 11) is 0. The average molecular weight is 202 g/mol. The lowest BCUT2D eigenvalue weighted by molar-refractivity contribution is 0.110. The van der Waals surface area contributed by atoms with Crippen LogP contribution in [0.15, 0.2) is 34.9 Å². The molecule has 1 aromatic heterocycles. The molecule has 0 amide bonds. The number of benzene rings is 1. The summed E-state index contributed by atoms with van der Waals surface area (Å²) in [5, 5.41) is 0. The molecule has 4 heteroatoms. The molecule has 0 atom stereocenters. The number of rotatable bonds is 2. The van der Waals surface area contributed by atoms with Crippen LogP contribution in [-0.4, -0.2) is 6.29 Å². The first-order valence-electron chi connectivity index (χ1n) is 4.40. The highest BCUT2D eigenvalue weighted by Crippen LogP contribution is 2.29. The normalized spacial score (nSPS) is 10.1. The van der Waals surface area contributed by atoms with Crippen LogP contribution in [0, 0.1) is 0 Å². The third-order valence-electron chi connectivity index (χ3n) is 2.12. The van der Waals surface area contributed by atoms with Crippen LogP contribution in [0.2, 0.25) is 0 Å². The van der Waals surface area contributed by atoms with Crippen molar-refractivity contribution >= 4 is 17.7 Å². The maximum Gasteiger partial charge on any atom is 0.185 e. The van der Waals surface area contributed by atoms with Crippen molar-refractivity contribution in [3.8, 4) is 11.1 Å². The van der Waals surface area contributed by atoms with Crippen molar-refractivity contribution in [3.63, 3.8) is 0 Å². The quantitative estimate of drug-likeness (QED) is 0.575. The van der Waals surface area contributed by atoms with Crippen molar-refractivity contribution in [3.05, 3.63) is 36.3 Å². The average Bonchev–Trinajstić information content (AvgIpc) is 2.70. The SMILES string of the molecule is Nc1ccc(N)c(-c2coc(C=O)c2)c1. The van der Waals surface area contributed by atoms with Gasteiger partial charge in [-0.15, -0.1) is 0 Å². The van der Waals surface area contributed by atoms with Gasteiger partial charge in [-0.25, -0.2) is 0 Å². The van der Waals surface area contributed by atoms with E-state index in [-0.39, 0.29) is 5.76 Å². The summed E-state index contributed by atoms with van der Waals surface area (Å²) in [5.74, 6) is 0.270. The smallest absolute Gasteiger partial charge is 0.185 e. The fourth-order valence-electron chi connectivity index (χ4n) is 1.38. The van der Waals surface area contributed by atoms with Crippen LogP contribution < -0.4 is 11.5 Å². The minimum Gasteiger partial charge on any atom is -0.461 e. The molecule has 76 valence electrons. The van der Waals surface area contributed by atoms with Gasteiger partial charge >= 0.3 is 0 Å². The van der Waals surface area contributed by atoms with E-state index in [1.54, 1.807) is 24.3 Å². The number of nitrogens with two attached hydrogens (primary N) is 2. The van der Waals surface area contributed by atoms with E-state index in [4.69, 9.17) is 15.9 Å². The van der Waals surface area contributed by atoms with Gasteiger partial charge in [0.05, 0.1) is 6.26 Å². The summed E-state index contributed by atoms with van der Waals surface area (Å²) in [6, 6.07) is 6.81. The van der Waals surface area contributed by atoms with Gasteiger partial charge in [-0.05, 0) is 24.3 Å². The van der Waals surface area contributed by atoms with Crippen LogP contribution in [0.5, 0.6) is 0 Å². The largest absolute Gasteiger partial charge is 0.461 e. The molecule has 1 aromatic carbocycles. The third-order valence-corrected chi connectivity index (χ3v) is 2.12. The molecule has 0 aliphatic heterocycles. The number of anilines is 2. The van der Waals surface area contributed by atoms with Crippen molar-refractivity contribution in [2.75, 3.05) is 11.5 Å². The molecule has 0 saturated carbocycles. The molecule has 1 heterocycles. The Morgan fingerprint density at radius 1 is 1.20 bits per heavy atom. The standard InChI is InChI=1S/C11H10N2O2/c12-8-1-2-11(13)10(4-8)7-3-9(5-14)15-6-7/h1-6H,12-13H2. The van der Waals surface area contributed by atoms with E-state index in [9.17, 15) is 4.79 Å². The number of aldehydes is 1. The molecule has 2 rings (SSSR count). The van der Waals surface area contributed by atoms with Gasteiger partial charge in [-0.2, -0.15) is 0 Å². The zero-order valence-corrected chi connectivity index (χ0v) is 7.94. The van der Waals surface area contributed by atoms with Crippen LogP contribution in [-0.2, 0) is 0 Å². The lowest BCUT2D eigenvalue weighted by Crippen LogP contribution is -1.91. The van der Waals surface area contributed by atoms with Crippen molar-refractivity contribution in [1.29, 1.82) is 0 Å². The van der Waals surface area contributed by atoms with E-state index in [0.717, 1.165) is 11.1 Å². The van der Waals surface area contributed by atoms with Gasteiger partial charge in [-0.1, -0.05) is 0 Å². The molecule has 0 radical (unpaired) electrons. The molecule has 4 nitrogen and oxygen atoms in total. The fourth-order valence-corrected chi connectivity index (χ4v) is 1.38. The number of carbonyl (C=O) groups excluding carboxylic acids is 1. The van der Waals surface area contributed by atoms with E-state index in [1.165, 1.54) is 6.26 Å². The predicted molar refractivity (Wildman–Crippen MR) is 58.4 cm³/mol. The monoisotopic (exact) mass is 202 g/mol. The second kappa shape index (κ2) is 3.49. The minimum atomic E-state index is 0.270. The molecule has 2 aromatic rings. The first kappa shape index (κ1) is 9.33. The van der Waals surface area contributed by atoms with Gasteiger partial charge in [0.25, 0.3) is 0 Å². The molecular formula is C11H10N2O2. The zero-order valence-electron chi connectivity index (χ0n) is 7.94. The Morgan fingerprint density at radius 2 is 2.00 bits per heavy atom. The Labute approximate surface area is 86.5 Å². The Bertz CT molecular complexity index is 503. The first-order valence-corrected chi connectivity index (χ1v) is 4.40. The highest BCUT2D eigenvalue weighted by atomic mass is 16.3. The number of carbonyl (C=O) groups is 1. The minimum absolute atomic E-state index is 0.270. The van der Waals surface area contributed by atoms with Crippen molar-refractivity contribution < 1.29 is 9.21 Å². The van der Waals surface area contributed by atoms with E-state index >= 15 is 0 Å². The summed E-state index contributed by atoms with van der Waals surface area (Å²) >= 11 is 0. The number of nitrogen functional groups attached to an aromatic ring is 2. The number of hydrogen-bond acceptors (Lipinski definition) is 4.